The molecule has 0 N–H and O–H groups in total. The van der Waals surface area contributed by atoms with Crippen molar-refractivity contribution in [2.24, 2.45) is 0 Å². The van der Waals surface area contributed by atoms with Crippen molar-refractivity contribution >= 4 is 11.1 Å². The molecule has 0 nitrogen and oxygen atoms in total. The van der Waals surface area contributed by atoms with E-state index in [1.165, 1.54) is 56.1 Å². The third-order valence-electron chi connectivity index (χ3n) is 6.32. The highest BCUT2D eigenvalue weighted by Gasteiger charge is 2.29. The number of hydrogen-bond acceptors (Lipinski definition) is 0. The highest BCUT2D eigenvalue weighted by atomic mass is 14.3. The smallest absolute Gasteiger partial charge is 0.00388 e. The summed E-state index contributed by atoms with van der Waals surface area (Å²) in [5.41, 5.74) is 9.29. The van der Waals surface area contributed by atoms with E-state index in [9.17, 15) is 0 Å². The summed E-state index contributed by atoms with van der Waals surface area (Å²) in [5.74, 6) is 1.13. The van der Waals surface area contributed by atoms with E-state index < -0.39 is 0 Å². The fourth-order valence-corrected chi connectivity index (χ4v) is 4.90. The Morgan fingerprint density at radius 2 is 1.07 bits per heavy atom. The number of allylic oxidation sites excluding steroid dienone is 4. The van der Waals surface area contributed by atoms with Gasteiger partial charge in [-0.25, -0.2) is 0 Å². The van der Waals surface area contributed by atoms with E-state index in [1.54, 1.807) is 22.3 Å². The Bertz CT molecular complexity index is 780. The van der Waals surface area contributed by atoms with Gasteiger partial charge >= 0.3 is 0 Å². The average molecular weight is 357 g/mol. The minimum Gasteiger partial charge on any atom is -0.0731 e. The van der Waals surface area contributed by atoms with Crippen LogP contribution in [0.1, 0.15) is 92.9 Å². The van der Waals surface area contributed by atoms with E-state index in [2.05, 4.69) is 74.5 Å². The van der Waals surface area contributed by atoms with E-state index in [1.807, 2.05) is 0 Å². The first-order valence-corrected chi connectivity index (χ1v) is 10.9. The summed E-state index contributed by atoms with van der Waals surface area (Å²) in [6.07, 6.45) is 13.9. The predicted molar refractivity (Wildman–Crippen MR) is 118 cm³/mol. The van der Waals surface area contributed by atoms with Crippen LogP contribution in [0.3, 0.4) is 0 Å². The lowest BCUT2D eigenvalue weighted by Crippen LogP contribution is -2.00. The molecule has 0 heteroatoms. The van der Waals surface area contributed by atoms with Crippen LogP contribution in [-0.2, 0) is 0 Å². The molecule has 0 amide bonds. The molecule has 0 spiro atoms. The van der Waals surface area contributed by atoms with E-state index in [0.29, 0.717) is 11.8 Å². The zero-order valence-electron chi connectivity index (χ0n) is 16.9. The minimum absolute atomic E-state index is 0.563. The SMILES string of the molecule is CCCCC1=CC(CC2C=C(CCCC)c3ccccc32)c2ccccc21. The maximum absolute atomic E-state index is 2.58. The summed E-state index contributed by atoms with van der Waals surface area (Å²) in [6, 6.07) is 18.2. The van der Waals surface area contributed by atoms with Gasteiger partial charge in [0.2, 0.25) is 0 Å². The van der Waals surface area contributed by atoms with Crippen molar-refractivity contribution in [3.8, 4) is 0 Å². The van der Waals surface area contributed by atoms with Gasteiger partial charge in [0, 0.05) is 11.8 Å². The maximum atomic E-state index is 2.58. The summed E-state index contributed by atoms with van der Waals surface area (Å²) < 4.78 is 0. The van der Waals surface area contributed by atoms with E-state index >= 15 is 0 Å². The van der Waals surface area contributed by atoms with Gasteiger partial charge < -0.3 is 0 Å². The number of unbranched alkanes of at least 4 members (excludes halogenated alkanes) is 2. The Labute approximate surface area is 165 Å². The molecule has 0 aromatic heterocycles. The van der Waals surface area contributed by atoms with Crippen molar-refractivity contribution in [2.45, 2.75) is 70.6 Å². The van der Waals surface area contributed by atoms with Crippen LogP contribution in [0.2, 0.25) is 0 Å². The second-order valence-electron chi connectivity index (χ2n) is 8.21. The molecule has 0 saturated heterocycles. The van der Waals surface area contributed by atoms with Gasteiger partial charge in [-0.3, -0.25) is 0 Å². The summed E-state index contributed by atoms with van der Waals surface area (Å²) >= 11 is 0. The number of rotatable bonds is 8. The molecule has 0 bridgehead atoms. The molecule has 2 aliphatic carbocycles. The Morgan fingerprint density at radius 3 is 1.52 bits per heavy atom. The van der Waals surface area contributed by atoms with E-state index in [-0.39, 0.29) is 0 Å². The molecule has 140 valence electrons. The Morgan fingerprint density at radius 1 is 0.630 bits per heavy atom. The summed E-state index contributed by atoms with van der Waals surface area (Å²) in [6.45, 7) is 4.58. The molecular formula is C27H32. The van der Waals surface area contributed by atoms with Crippen LogP contribution in [0.15, 0.2) is 60.7 Å². The van der Waals surface area contributed by atoms with Gasteiger partial charge in [0.1, 0.15) is 0 Å². The van der Waals surface area contributed by atoms with Crippen LogP contribution in [0.4, 0.5) is 0 Å². The molecule has 0 heterocycles. The van der Waals surface area contributed by atoms with Crippen LogP contribution in [0, 0.1) is 0 Å². The molecule has 2 atom stereocenters. The lowest BCUT2D eigenvalue weighted by Gasteiger charge is -2.16. The highest BCUT2D eigenvalue weighted by Crippen LogP contribution is 2.47. The largest absolute Gasteiger partial charge is 0.0731 e. The molecule has 0 saturated carbocycles. The third-order valence-corrected chi connectivity index (χ3v) is 6.32. The number of benzene rings is 2. The fourth-order valence-electron chi connectivity index (χ4n) is 4.90. The monoisotopic (exact) mass is 356 g/mol. The van der Waals surface area contributed by atoms with Crippen LogP contribution in [-0.4, -0.2) is 0 Å². The molecular weight excluding hydrogens is 324 g/mol. The van der Waals surface area contributed by atoms with E-state index in [4.69, 9.17) is 0 Å². The highest BCUT2D eigenvalue weighted by molar-refractivity contribution is 5.77. The number of fused-ring (bicyclic) bond motifs is 2. The summed E-state index contributed by atoms with van der Waals surface area (Å²) in [7, 11) is 0. The zero-order valence-corrected chi connectivity index (χ0v) is 16.9. The first-order valence-electron chi connectivity index (χ1n) is 10.9. The first kappa shape index (κ1) is 18.3. The molecule has 4 rings (SSSR count). The summed E-state index contributed by atoms with van der Waals surface area (Å²) in [4.78, 5) is 0. The van der Waals surface area contributed by atoms with Gasteiger partial charge in [0.25, 0.3) is 0 Å². The Hall–Kier alpha value is -2.08. The quantitative estimate of drug-likeness (QED) is 0.448. The van der Waals surface area contributed by atoms with Crippen LogP contribution in [0.5, 0.6) is 0 Å². The molecule has 2 aromatic carbocycles. The van der Waals surface area contributed by atoms with Crippen molar-refractivity contribution in [2.75, 3.05) is 0 Å². The van der Waals surface area contributed by atoms with Crippen LogP contribution in [0.25, 0.3) is 11.1 Å². The zero-order chi connectivity index (χ0) is 18.6. The van der Waals surface area contributed by atoms with Gasteiger partial charge in [-0.15, -0.1) is 0 Å². The average Bonchev–Trinajstić information content (AvgIpc) is 3.24. The molecule has 0 fully saturated rings. The molecule has 2 unspecified atom stereocenters. The maximum Gasteiger partial charge on any atom is 0.00388 e. The van der Waals surface area contributed by atoms with Crippen molar-refractivity contribution < 1.29 is 0 Å². The lowest BCUT2D eigenvalue weighted by atomic mass is 9.87. The fraction of sp³-hybridized carbons (Fsp3) is 0.407. The van der Waals surface area contributed by atoms with Crippen LogP contribution < -0.4 is 0 Å². The van der Waals surface area contributed by atoms with Gasteiger partial charge in [-0.1, -0.05) is 87.4 Å². The standard InChI is InChI=1S/C27H32/c1-3-5-11-20-17-22(26-15-9-7-13-24(20)26)19-23-18-21(12-6-4-2)25-14-8-10-16-27(23)25/h7-10,13-18,22-23H,3-6,11-12,19H2,1-2H3. The molecule has 0 aliphatic heterocycles. The Balaban J connectivity index is 1.60. The Kier molecular flexibility index (Phi) is 5.62. The second kappa shape index (κ2) is 8.30. The minimum atomic E-state index is 0.563. The predicted octanol–water partition coefficient (Wildman–Crippen LogP) is 8.12. The van der Waals surface area contributed by atoms with Gasteiger partial charge in [0.05, 0.1) is 0 Å². The molecule has 2 aromatic rings. The van der Waals surface area contributed by atoms with Crippen molar-refractivity contribution in [1.82, 2.24) is 0 Å². The topological polar surface area (TPSA) is 0 Å². The van der Waals surface area contributed by atoms with Crippen LogP contribution >= 0.6 is 0 Å². The number of hydrogen-bond donors (Lipinski definition) is 0. The molecule has 0 radical (unpaired) electrons. The van der Waals surface area contributed by atoms with Crippen molar-refractivity contribution in [3.05, 3.63) is 82.9 Å². The van der Waals surface area contributed by atoms with Gasteiger partial charge in [-0.05, 0) is 65.5 Å². The molecule has 2 aliphatic rings. The van der Waals surface area contributed by atoms with Crippen molar-refractivity contribution in [1.29, 1.82) is 0 Å². The first-order chi connectivity index (χ1) is 13.3. The molecule has 27 heavy (non-hydrogen) atoms. The van der Waals surface area contributed by atoms with E-state index in [0.717, 1.165) is 0 Å². The normalized spacial score (nSPS) is 20.2. The second-order valence-corrected chi connectivity index (χ2v) is 8.21. The van der Waals surface area contributed by atoms with Gasteiger partial charge in [0.15, 0.2) is 0 Å². The lowest BCUT2D eigenvalue weighted by molar-refractivity contribution is 0.685. The van der Waals surface area contributed by atoms with Gasteiger partial charge in [-0.2, -0.15) is 0 Å². The van der Waals surface area contributed by atoms with Crippen molar-refractivity contribution in [3.63, 3.8) is 0 Å². The third kappa shape index (κ3) is 3.68. The summed E-state index contributed by atoms with van der Waals surface area (Å²) in [5, 5.41) is 0.